The molecule has 1 amide bonds. The molecule has 88 valence electrons. The molecule has 0 radical (unpaired) electrons. The van der Waals surface area contributed by atoms with Gasteiger partial charge in [0, 0.05) is 6.54 Å². The lowest BCUT2D eigenvalue weighted by molar-refractivity contribution is -0.123. The number of carbonyl (C=O) groups excluding carboxylic acids is 1. The van der Waals surface area contributed by atoms with E-state index in [0.717, 1.165) is 5.56 Å². The van der Waals surface area contributed by atoms with Crippen LogP contribution in [0.15, 0.2) is 24.3 Å². The fourth-order valence-corrected chi connectivity index (χ4v) is 1.17. The molecule has 16 heavy (non-hydrogen) atoms. The number of aliphatic hydroxyl groups excluding tert-OH is 1. The van der Waals surface area contributed by atoms with Gasteiger partial charge in [0.2, 0.25) is 0 Å². The fraction of sp³-hybridized carbons (Fsp3) is 0.417. The van der Waals surface area contributed by atoms with Crippen molar-refractivity contribution in [3.05, 3.63) is 29.8 Å². The Kier molecular flexibility index (Phi) is 4.79. The summed E-state index contributed by atoms with van der Waals surface area (Å²) >= 11 is 0. The van der Waals surface area contributed by atoms with Gasteiger partial charge in [-0.3, -0.25) is 4.79 Å². The van der Waals surface area contributed by atoms with Crippen LogP contribution in [-0.2, 0) is 4.79 Å². The Hall–Kier alpha value is -1.55. The van der Waals surface area contributed by atoms with Gasteiger partial charge >= 0.3 is 0 Å². The minimum Gasteiger partial charge on any atom is -0.484 e. The van der Waals surface area contributed by atoms with Crippen molar-refractivity contribution < 1.29 is 14.6 Å². The van der Waals surface area contributed by atoms with Crippen LogP contribution < -0.4 is 10.1 Å². The Balaban J connectivity index is 2.31. The van der Waals surface area contributed by atoms with Crippen molar-refractivity contribution in [1.82, 2.24) is 5.32 Å². The van der Waals surface area contributed by atoms with Crippen molar-refractivity contribution in [2.24, 2.45) is 0 Å². The van der Waals surface area contributed by atoms with Gasteiger partial charge in [0.05, 0.1) is 6.10 Å². The normalized spacial score (nSPS) is 11.9. The number of hydrogen-bond acceptors (Lipinski definition) is 3. The molecule has 0 unspecified atom stereocenters. The number of nitrogens with one attached hydrogen (secondary N) is 1. The van der Waals surface area contributed by atoms with Crippen LogP contribution in [0.2, 0.25) is 0 Å². The third-order valence-electron chi connectivity index (χ3n) is 1.95. The van der Waals surface area contributed by atoms with Crippen LogP contribution in [0.3, 0.4) is 0 Å². The molecule has 0 bridgehead atoms. The van der Waals surface area contributed by atoms with Crippen LogP contribution in [0.5, 0.6) is 5.75 Å². The van der Waals surface area contributed by atoms with Gasteiger partial charge in [-0.2, -0.15) is 0 Å². The summed E-state index contributed by atoms with van der Waals surface area (Å²) < 4.78 is 5.29. The molecule has 0 aliphatic carbocycles. The molecular weight excluding hydrogens is 206 g/mol. The number of benzene rings is 1. The number of carbonyl (C=O) groups is 1. The van der Waals surface area contributed by atoms with Crippen molar-refractivity contribution in [3.8, 4) is 5.75 Å². The van der Waals surface area contributed by atoms with E-state index in [1.54, 1.807) is 13.0 Å². The van der Waals surface area contributed by atoms with Gasteiger partial charge < -0.3 is 15.2 Å². The molecule has 2 N–H and O–H groups in total. The molecule has 0 saturated heterocycles. The lowest BCUT2D eigenvalue weighted by atomic mass is 10.2. The van der Waals surface area contributed by atoms with Crippen molar-refractivity contribution in [2.45, 2.75) is 20.0 Å². The number of rotatable bonds is 5. The van der Waals surface area contributed by atoms with E-state index < -0.39 is 6.10 Å². The predicted molar refractivity (Wildman–Crippen MR) is 61.4 cm³/mol. The summed E-state index contributed by atoms with van der Waals surface area (Å²) in [6.07, 6.45) is -0.539. The Morgan fingerprint density at radius 3 is 2.94 bits per heavy atom. The highest BCUT2D eigenvalue weighted by Crippen LogP contribution is 2.11. The largest absolute Gasteiger partial charge is 0.484 e. The molecule has 1 atom stereocenters. The van der Waals surface area contributed by atoms with Crippen LogP contribution in [0, 0.1) is 6.92 Å². The summed E-state index contributed by atoms with van der Waals surface area (Å²) in [6, 6.07) is 7.50. The molecule has 0 aliphatic rings. The highest BCUT2D eigenvalue weighted by Gasteiger charge is 2.03. The Labute approximate surface area is 95.2 Å². The summed E-state index contributed by atoms with van der Waals surface area (Å²) in [5, 5.41) is 11.5. The SMILES string of the molecule is Cc1cccc(OCC(=O)NC[C@H](C)O)c1. The standard InChI is InChI=1S/C12H17NO3/c1-9-4-3-5-11(6-9)16-8-12(15)13-7-10(2)14/h3-6,10,14H,7-8H2,1-2H3,(H,13,15)/t10-/m0/s1. The Morgan fingerprint density at radius 1 is 1.56 bits per heavy atom. The van der Waals surface area contributed by atoms with Crippen molar-refractivity contribution in [3.63, 3.8) is 0 Å². The summed E-state index contributed by atoms with van der Waals surface area (Å²) in [4.78, 5) is 11.3. The molecule has 0 aliphatic heterocycles. The zero-order valence-electron chi connectivity index (χ0n) is 9.56. The lowest BCUT2D eigenvalue weighted by Crippen LogP contribution is -2.34. The van der Waals surface area contributed by atoms with Gasteiger partial charge in [-0.15, -0.1) is 0 Å². The van der Waals surface area contributed by atoms with Crippen molar-refractivity contribution in [1.29, 1.82) is 0 Å². The number of aliphatic hydroxyl groups is 1. The fourth-order valence-electron chi connectivity index (χ4n) is 1.17. The maximum Gasteiger partial charge on any atom is 0.258 e. The first-order valence-electron chi connectivity index (χ1n) is 5.22. The minimum atomic E-state index is -0.539. The van der Waals surface area contributed by atoms with Gasteiger partial charge in [0.25, 0.3) is 5.91 Å². The second-order valence-electron chi connectivity index (χ2n) is 3.76. The molecule has 0 aromatic heterocycles. The molecule has 0 saturated carbocycles. The average Bonchev–Trinajstić information content (AvgIpc) is 2.23. The maximum atomic E-state index is 11.3. The van der Waals surface area contributed by atoms with Gasteiger partial charge in [-0.05, 0) is 31.5 Å². The van der Waals surface area contributed by atoms with Crippen LogP contribution in [0.1, 0.15) is 12.5 Å². The van der Waals surface area contributed by atoms with Gasteiger partial charge in [-0.1, -0.05) is 12.1 Å². The van der Waals surface area contributed by atoms with Gasteiger partial charge in [-0.25, -0.2) is 0 Å². The van der Waals surface area contributed by atoms with Gasteiger partial charge in [0.15, 0.2) is 6.61 Å². The predicted octanol–water partition coefficient (Wildman–Crippen LogP) is 0.871. The summed E-state index contributed by atoms with van der Waals surface area (Å²) in [5.74, 6) is 0.439. The quantitative estimate of drug-likeness (QED) is 0.778. The third kappa shape index (κ3) is 4.79. The van der Waals surface area contributed by atoms with Gasteiger partial charge in [0.1, 0.15) is 5.75 Å². The lowest BCUT2D eigenvalue weighted by Gasteiger charge is -2.08. The summed E-state index contributed by atoms with van der Waals surface area (Å²) in [7, 11) is 0. The van der Waals surface area contributed by atoms with E-state index in [-0.39, 0.29) is 19.1 Å². The zero-order chi connectivity index (χ0) is 12.0. The van der Waals surface area contributed by atoms with Crippen molar-refractivity contribution in [2.75, 3.05) is 13.2 Å². The van der Waals surface area contributed by atoms with E-state index in [1.807, 2.05) is 25.1 Å². The van der Waals surface area contributed by atoms with Crippen LogP contribution in [0.25, 0.3) is 0 Å². The van der Waals surface area contributed by atoms with E-state index in [4.69, 9.17) is 9.84 Å². The van der Waals surface area contributed by atoms with E-state index >= 15 is 0 Å². The molecule has 0 fully saturated rings. The topological polar surface area (TPSA) is 58.6 Å². The van der Waals surface area contributed by atoms with E-state index in [9.17, 15) is 4.79 Å². The zero-order valence-corrected chi connectivity index (χ0v) is 9.56. The molecule has 4 nitrogen and oxygen atoms in total. The van der Waals surface area contributed by atoms with Crippen LogP contribution in [0.4, 0.5) is 0 Å². The molecule has 4 heteroatoms. The van der Waals surface area contributed by atoms with Crippen molar-refractivity contribution >= 4 is 5.91 Å². The highest BCUT2D eigenvalue weighted by molar-refractivity contribution is 5.77. The molecular formula is C12H17NO3. The monoisotopic (exact) mass is 223 g/mol. The molecule has 1 aromatic carbocycles. The number of hydrogen-bond donors (Lipinski definition) is 2. The Bertz CT molecular complexity index is 350. The summed E-state index contributed by atoms with van der Waals surface area (Å²) in [6.45, 7) is 3.79. The average molecular weight is 223 g/mol. The maximum absolute atomic E-state index is 11.3. The minimum absolute atomic E-state index is 0.0316. The van der Waals surface area contributed by atoms with Crippen LogP contribution >= 0.6 is 0 Å². The number of ether oxygens (including phenoxy) is 1. The third-order valence-corrected chi connectivity index (χ3v) is 1.95. The summed E-state index contributed by atoms with van der Waals surface area (Å²) in [5.41, 5.74) is 1.09. The van der Waals surface area contributed by atoms with E-state index in [0.29, 0.717) is 5.75 Å². The smallest absolute Gasteiger partial charge is 0.258 e. The Morgan fingerprint density at radius 2 is 2.31 bits per heavy atom. The first-order valence-corrected chi connectivity index (χ1v) is 5.22. The number of aryl methyl sites for hydroxylation is 1. The number of amides is 1. The molecule has 1 aromatic rings. The molecule has 0 heterocycles. The van der Waals surface area contributed by atoms with E-state index in [2.05, 4.69) is 5.32 Å². The first kappa shape index (κ1) is 12.5. The van der Waals surface area contributed by atoms with E-state index in [1.165, 1.54) is 0 Å². The molecule has 1 rings (SSSR count). The first-order chi connectivity index (χ1) is 7.58. The second kappa shape index (κ2) is 6.12. The molecule has 0 spiro atoms. The highest BCUT2D eigenvalue weighted by atomic mass is 16.5. The van der Waals surface area contributed by atoms with Crippen LogP contribution in [-0.4, -0.2) is 30.3 Å². The second-order valence-corrected chi connectivity index (χ2v) is 3.76.